The second-order valence-electron chi connectivity index (χ2n) is 2.89. The van der Waals surface area contributed by atoms with Gasteiger partial charge in [-0.25, -0.2) is 0 Å². The lowest BCUT2D eigenvalue weighted by Crippen LogP contribution is -2.00. The van der Waals surface area contributed by atoms with Gasteiger partial charge >= 0.3 is 0 Å². The number of hydrogen-bond donors (Lipinski definition) is 2. The Balaban J connectivity index is 2.06. The first-order valence-electron chi connectivity index (χ1n) is 4.26. The van der Waals surface area contributed by atoms with Crippen LogP contribution >= 0.6 is 23.3 Å². The quantitative estimate of drug-likeness (QED) is 0.867. The monoisotopic (exact) mass is 241 g/mol. The third-order valence-corrected chi connectivity index (χ3v) is 2.78. The van der Waals surface area contributed by atoms with E-state index in [1.807, 2.05) is 12.1 Å². The van der Waals surface area contributed by atoms with Crippen molar-refractivity contribution in [3.63, 3.8) is 0 Å². The standard InChI is InChI=1S/C9H8ClN3OS/c10-8-9(13-15-12-8)11-5-6-3-1-2-4-7(6)14/h1-4,14H,5H2,(H,11,13). The van der Waals surface area contributed by atoms with Crippen molar-refractivity contribution in [1.82, 2.24) is 8.75 Å². The Morgan fingerprint density at radius 1 is 1.33 bits per heavy atom. The maximum absolute atomic E-state index is 9.50. The molecular weight excluding hydrogens is 234 g/mol. The Morgan fingerprint density at radius 3 is 2.80 bits per heavy atom. The van der Waals surface area contributed by atoms with Gasteiger partial charge in [0.2, 0.25) is 0 Å². The summed E-state index contributed by atoms with van der Waals surface area (Å²) >= 11 is 6.81. The highest BCUT2D eigenvalue weighted by Gasteiger charge is 2.05. The van der Waals surface area contributed by atoms with Crippen LogP contribution in [0, 0.1) is 0 Å². The molecule has 0 saturated heterocycles. The number of phenols is 1. The van der Waals surface area contributed by atoms with Crippen molar-refractivity contribution in [1.29, 1.82) is 0 Å². The molecule has 1 aromatic heterocycles. The summed E-state index contributed by atoms with van der Waals surface area (Å²) in [7, 11) is 0. The van der Waals surface area contributed by atoms with E-state index in [1.165, 1.54) is 0 Å². The van der Waals surface area contributed by atoms with E-state index in [2.05, 4.69) is 14.1 Å². The third-order valence-electron chi connectivity index (χ3n) is 1.89. The third kappa shape index (κ3) is 2.37. The van der Waals surface area contributed by atoms with Gasteiger partial charge in [0, 0.05) is 12.1 Å². The van der Waals surface area contributed by atoms with Gasteiger partial charge in [-0.05, 0) is 6.07 Å². The average Bonchev–Trinajstić information content (AvgIpc) is 2.63. The molecule has 0 fully saturated rings. The number of halogens is 1. The molecule has 0 saturated carbocycles. The van der Waals surface area contributed by atoms with Crippen LogP contribution in [0.2, 0.25) is 5.15 Å². The van der Waals surface area contributed by atoms with Crippen molar-refractivity contribution in [2.75, 3.05) is 5.32 Å². The predicted octanol–water partition coefficient (Wildman–Crippen LogP) is 2.51. The maximum Gasteiger partial charge on any atom is 0.186 e. The van der Waals surface area contributed by atoms with E-state index < -0.39 is 0 Å². The Labute approximate surface area is 95.9 Å². The molecule has 6 heteroatoms. The normalized spacial score (nSPS) is 10.2. The first-order chi connectivity index (χ1) is 7.27. The van der Waals surface area contributed by atoms with Crippen LogP contribution in [0.15, 0.2) is 24.3 Å². The Morgan fingerprint density at radius 2 is 2.13 bits per heavy atom. The summed E-state index contributed by atoms with van der Waals surface area (Å²) in [6, 6.07) is 7.10. The van der Waals surface area contributed by atoms with E-state index in [-0.39, 0.29) is 5.75 Å². The molecule has 0 aliphatic carbocycles. The summed E-state index contributed by atoms with van der Waals surface area (Å²) in [4.78, 5) is 0. The number of nitrogens with zero attached hydrogens (tertiary/aromatic N) is 2. The highest BCUT2D eigenvalue weighted by molar-refractivity contribution is 6.99. The van der Waals surface area contributed by atoms with Crippen molar-refractivity contribution in [3.05, 3.63) is 35.0 Å². The lowest BCUT2D eigenvalue weighted by atomic mass is 10.2. The molecule has 4 nitrogen and oxygen atoms in total. The van der Waals surface area contributed by atoms with Gasteiger partial charge in [-0.2, -0.15) is 8.75 Å². The SMILES string of the molecule is Oc1ccccc1CNc1nsnc1Cl. The molecule has 2 aromatic rings. The molecule has 0 bridgehead atoms. The molecule has 0 amide bonds. The molecule has 15 heavy (non-hydrogen) atoms. The first-order valence-corrected chi connectivity index (χ1v) is 5.37. The fourth-order valence-electron chi connectivity index (χ4n) is 1.12. The number of nitrogens with one attached hydrogen (secondary N) is 1. The van der Waals surface area contributed by atoms with Gasteiger partial charge in [-0.15, -0.1) is 0 Å². The molecule has 1 heterocycles. The number of benzene rings is 1. The number of rotatable bonds is 3. The fourth-order valence-corrected chi connectivity index (χ4v) is 1.81. The zero-order valence-electron chi connectivity index (χ0n) is 7.64. The molecule has 2 N–H and O–H groups in total. The molecule has 2 rings (SSSR count). The Kier molecular flexibility index (Phi) is 3.03. The van der Waals surface area contributed by atoms with Crippen LogP contribution in [0.5, 0.6) is 5.75 Å². The summed E-state index contributed by atoms with van der Waals surface area (Å²) in [6.07, 6.45) is 0. The lowest BCUT2D eigenvalue weighted by Gasteiger charge is -2.04. The maximum atomic E-state index is 9.50. The molecule has 0 atom stereocenters. The largest absolute Gasteiger partial charge is 0.508 e. The molecule has 78 valence electrons. The minimum absolute atomic E-state index is 0.254. The average molecular weight is 242 g/mol. The molecule has 0 radical (unpaired) electrons. The topological polar surface area (TPSA) is 58.0 Å². The van der Waals surface area contributed by atoms with Crippen LogP contribution in [0.1, 0.15) is 5.56 Å². The molecule has 0 spiro atoms. The van der Waals surface area contributed by atoms with Crippen molar-refractivity contribution < 1.29 is 5.11 Å². The molecule has 0 unspecified atom stereocenters. The number of aromatic hydroxyl groups is 1. The van der Waals surface area contributed by atoms with E-state index >= 15 is 0 Å². The summed E-state index contributed by atoms with van der Waals surface area (Å²) < 4.78 is 7.79. The number of para-hydroxylation sites is 1. The van der Waals surface area contributed by atoms with Crippen LogP contribution in [0.25, 0.3) is 0 Å². The van der Waals surface area contributed by atoms with Crippen molar-refractivity contribution in [2.24, 2.45) is 0 Å². The van der Waals surface area contributed by atoms with Gasteiger partial charge in [-0.1, -0.05) is 29.8 Å². The van der Waals surface area contributed by atoms with Gasteiger partial charge in [0.15, 0.2) is 11.0 Å². The van der Waals surface area contributed by atoms with Crippen LogP contribution in [-0.2, 0) is 6.54 Å². The number of phenolic OH excluding ortho intramolecular Hbond substituents is 1. The van der Waals surface area contributed by atoms with E-state index in [4.69, 9.17) is 11.6 Å². The molecule has 0 aliphatic heterocycles. The number of aromatic nitrogens is 2. The zero-order valence-corrected chi connectivity index (χ0v) is 9.22. The van der Waals surface area contributed by atoms with E-state index in [0.29, 0.717) is 17.5 Å². The zero-order chi connectivity index (χ0) is 10.7. The van der Waals surface area contributed by atoms with E-state index in [9.17, 15) is 5.11 Å². The van der Waals surface area contributed by atoms with Crippen molar-refractivity contribution >= 4 is 29.1 Å². The smallest absolute Gasteiger partial charge is 0.186 e. The molecule has 1 aromatic carbocycles. The summed E-state index contributed by atoms with van der Waals surface area (Å²) in [5.41, 5.74) is 0.793. The minimum atomic E-state index is 0.254. The number of hydrogen-bond acceptors (Lipinski definition) is 5. The second kappa shape index (κ2) is 4.46. The van der Waals surface area contributed by atoms with E-state index in [0.717, 1.165) is 17.3 Å². The van der Waals surface area contributed by atoms with Gasteiger partial charge < -0.3 is 10.4 Å². The fraction of sp³-hybridized carbons (Fsp3) is 0.111. The van der Waals surface area contributed by atoms with E-state index in [1.54, 1.807) is 12.1 Å². The van der Waals surface area contributed by atoms with Gasteiger partial charge in [0.25, 0.3) is 0 Å². The second-order valence-corrected chi connectivity index (χ2v) is 3.77. The van der Waals surface area contributed by atoms with Crippen LogP contribution in [0.4, 0.5) is 5.82 Å². The summed E-state index contributed by atoms with van der Waals surface area (Å²) in [5, 5.41) is 12.9. The van der Waals surface area contributed by atoms with Crippen molar-refractivity contribution in [3.8, 4) is 5.75 Å². The minimum Gasteiger partial charge on any atom is -0.508 e. The van der Waals surface area contributed by atoms with Crippen LogP contribution in [0.3, 0.4) is 0 Å². The molecular formula is C9H8ClN3OS. The number of anilines is 1. The summed E-state index contributed by atoms with van der Waals surface area (Å²) in [5.74, 6) is 0.800. The lowest BCUT2D eigenvalue weighted by molar-refractivity contribution is 0.469. The predicted molar refractivity (Wildman–Crippen MR) is 60.4 cm³/mol. The van der Waals surface area contributed by atoms with Gasteiger partial charge in [-0.3, -0.25) is 0 Å². The highest BCUT2D eigenvalue weighted by Crippen LogP contribution is 2.21. The van der Waals surface area contributed by atoms with Crippen LogP contribution in [-0.4, -0.2) is 13.9 Å². The first kappa shape index (κ1) is 10.2. The van der Waals surface area contributed by atoms with Crippen LogP contribution < -0.4 is 5.32 Å². The Bertz CT molecular complexity index is 460. The van der Waals surface area contributed by atoms with Crippen molar-refractivity contribution in [2.45, 2.75) is 6.54 Å². The highest BCUT2D eigenvalue weighted by atomic mass is 35.5. The Hall–Kier alpha value is -1.33. The summed E-state index contributed by atoms with van der Waals surface area (Å²) in [6.45, 7) is 0.470. The van der Waals surface area contributed by atoms with Gasteiger partial charge in [0.05, 0.1) is 11.7 Å². The van der Waals surface area contributed by atoms with Gasteiger partial charge in [0.1, 0.15) is 5.75 Å². The molecule has 0 aliphatic rings.